The van der Waals surface area contributed by atoms with E-state index in [1.807, 2.05) is 76.2 Å². The first kappa shape index (κ1) is 20.1. The van der Waals surface area contributed by atoms with E-state index in [9.17, 15) is 4.79 Å². The van der Waals surface area contributed by atoms with Crippen molar-refractivity contribution in [2.45, 2.75) is 33.8 Å². The van der Waals surface area contributed by atoms with Crippen LogP contribution in [0.1, 0.15) is 33.3 Å². The monoisotopic (exact) mass is 442 g/mol. The van der Waals surface area contributed by atoms with Gasteiger partial charge in [0.1, 0.15) is 0 Å². The van der Waals surface area contributed by atoms with Crippen molar-refractivity contribution in [2.24, 2.45) is 5.10 Å². The molecule has 0 atom stereocenters. The second kappa shape index (κ2) is 8.61. The molecule has 0 aromatic heterocycles. The maximum absolute atomic E-state index is 12.9. The topological polar surface area (TPSA) is 51.1 Å². The number of anilines is 1. The van der Waals surface area contributed by atoms with Crippen LogP contribution >= 0.6 is 15.9 Å². The number of rotatable bonds is 6. The van der Waals surface area contributed by atoms with Gasteiger partial charge in [0.15, 0.2) is 11.5 Å². The van der Waals surface area contributed by atoms with Gasteiger partial charge in [0.05, 0.1) is 29.7 Å². The molecule has 0 saturated heterocycles. The molecule has 3 rings (SSSR count). The highest BCUT2D eigenvalue weighted by molar-refractivity contribution is 9.10. The molecule has 0 unspecified atom stereocenters. The molecular formula is C22H23BrN2O3. The molecule has 1 heterocycles. The third-order valence-electron chi connectivity index (χ3n) is 4.09. The number of carbonyl (C=O) groups is 1. The summed E-state index contributed by atoms with van der Waals surface area (Å²) in [5.74, 6) is 1.15. The summed E-state index contributed by atoms with van der Waals surface area (Å²) in [5, 5.41) is 5.85. The Morgan fingerprint density at radius 1 is 1.18 bits per heavy atom. The summed E-state index contributed by atoms with van der Waals surface area (Å²) in [6.07, 6.45) is 1.86. The number of hydrogen-bond donors (Lipinski definition) is 0. The molecule has 0 fully saturated rings. The second-order valence-corrected chi connectivity index (χ2v) is 7.47. The van der Waals surface area contributed by atoms with Gasteiger partial charge >= 0.3 is 0 Å². The van der Waals surface area contributed by atoms with Crippen LogP contribution in [0.25, 0.3) is 6.08 Å². The lowest BCUT2D eigenvalue weighted by Gasteiger charge is -2.16. The fourth-order valence-electron chi connectivity index (χ4n) is 2.86. The van der Waals surface area contributed by atoms with Crippen LogP contribution in [0.5, 0.6) is 11.5 Å². The zero-order valence-corrected chi connectivity index (χ0v) is 18.0. The molecule has 28 heavy (non-hydrogen) atoms. The molecule has 0 N–H and O–H groups in total. The summed E-state index contributed by atoms with van der Waals surface area (Å²) in [6.45, 7) is 8.21. The van der Waals surface area contributed by atoms with E-state index in [0.717, 1.165) is 15.7 Å². The van der Waals surface area contributed by atoms with Crippen molar-refractivity contribution in [1.29, 1.82) is 0 Å². The number of hydrazone groups is 1. The molecule has 0 saturated carbocycles. The Hall–Kier alpha value is -2.60. The molecule has 0 bridgehead atoms. The van der Waals surface area contributed by atoms with Crippen LogP contribution in [0.15, 0.2) is 57.6 Å². The number of para-hydroxylation sites is 1. The number of amides is 1. The van der Waals surface area contributed by atoms with E-state index in [1.165, 1.54) is 5.01 Å². The first-order valence-corrected chi connectivity index (χ1v) is 9.99. The van der Waals surface area contributed by atoms with Crippen LogP contribution in [0.2, 0.25) is 0 Å². The molecule has 2 aromatic carbocycles. The predicted octanol–water partition coefficient (Wildman–Crippen LogP) is 5.44. The van der Waals surface area contributed by atoms with Gasteiger partial charge in [-0.1, -0.05) is 34.1 Å². The van der Waals surface area contributed by atoms with Crippen LogP contribution < -0.4 is 14.5 Å². The van der Waals surface area contributed by atoms with E-state index >= 15 is 0 Å². The normalized spacial score (nSPS) is 15.4. The summed E-state index contributed by atoms with van der Waals surface area (Å²) < 4.78 is 12.4. The molecule has 0 radical (unpaired) electrons. The summed E-state index contributed by atoms with van der Waals surface area (Å²) in [6, 6.07) is 13.1. The van der Waals surface area contributed by atoms with E-state index in [0.29, 0.717) is 29.4 Å². The highest BCUT2D eigenvalue weighted by atomic mass is 79.9. The smallest absolute Gasteiger partial charge is 0.280 e. The average molecular weight is 443 g/mol. The standard InChI is InChI=1S/C22H23BrN2O3/c1-5-27-20-12-16(19(23)13-21(20)28-14(2)3)11-18-15(4)24-25(22(18)26)17-9-7-6-8-10-17/h6-14H,5H2,1-4H3/b18-11+. The molecular weight excluding hydrogens is 420 g/mol. The van der Waals surface area contributed by atoms with Crippen LogP contribution in [-0.4, -0.2) is 24.3 Å². The first-order valence-electron chi connectivity index (χ1n) is 9.20. The quantitative estimate of drug-likeness (QED) is 0.559. The fraction of sp³-hybridized carbons (Fsp3) is 0.273. The molecule has 146 valence electrons. The minimum absolute atomic E-state index is 0.0283. The third kappa shape index (κ3) is 4.28. The van der Waals surface area contributed by atoms with Crippen molar-refractivity contribution in [3.63, 3.8) is 0 Å². The number of carbonyl (C=O) groups excluding carboxylic acids is 1. The number of benzene rings is 2. The van der Waals surface area contributed by atoms with E-state index in [2.05, 4.69) is 21.0 Å². The molecule has 2 aromatic rings. The van der Waals surface area contributed by atoms with Gasteiger partial charge in [-0.2, -0.15) is 10.1 Å². The van der Waals surface area contributed by atoms with Gasteiger partial charge in [-0.25, -0.2) is 0 Å². The minimum Gasteiger partial charge on any atom is -0.490 e. The average Bonchev–Trinajstić information content (AvgIpc) is 2.94. The minimum atomic E-state index is -0.156. The van der Waals surface area contributed by atoms with Gasteiger partial charge in [-0.15, -0.1) is 0 Å². The van der Waals surface area contributed by atoms with Crippen LogP contribution in [0.4, 0.5) is 5.69 Å². The summed E-state index contributed by atoms with van der Waals surface area (Å²) in [7, 11) is 0. The lowest BCUT2D eigenvalue weighted by molar-refractivity contribution is -0.114. The van der Waals surface area contributed by atoms with Gasteiger partial charge in [-0.05, 0) is 63.6 Å². The maximum atomic E-state index is 12.9. The van der Waals surface area contributed by atoms with Crippen molar-refractivity contribution in [2.75, 3.05) is 11.6 Å². The Bertz CT molecular complexity index is 936. The van der Waals surface area contributed by atoms with Crippen molar-refractivity contribution in [3.8, 4) is 11.5 Å². The number of halogens is 1. The van der Waals surface area contributed by atoms with E-state index in [-0.39, 0.29) is 12.0 Å². The van der Waals surface area contributed by atoms with Crippen molar-refractivity contribution in [1.82, 2.24) is 0 Å². The van der Waals surface area contributed by atoms with Crippen molar-refractivity contribution < 1.29 is 14.3 Å². The molecule has 0 aliphatic carbocycles. The van der Waals surface area contributed by atoms with Crippen molar-refractivity contribution >= 4 is 39.3 Å². The molecule has 1 amide bonds. The number of ether oxygens (including phenoxy) is 2. The van der Waals surface area contributed by atoms with Crippen molar-refractivity contribution in [3.05, 3.63) is 58.1 Å². The largest absolute Gasteiger partial charge is 0.490 e. The molecule has 0 spiro atoms. The van der Waals surface area contributed by atoms with Gasteiger partial charge in [-0.3, -0.25) is 4.79 Å². The Morgan fingerprint density at radius 2 is 1.89 bits per heavy atom. The third-order valence-corrected chi connectivity index (χ3v) is 4.78. The summed E-state index contributed by atoms with van der Waals surface area (Å²) in [4.78, 5) is 12.9. The van der Waals surface area contributed by atoms with Crippen LogP contribution in [0, 0.1) is 0 Å². The van der Waals surface area contributed by atoms with Gasteiger partial charge in [0.25, 0.3) is 5.91 Å². The predicted molar refractivity (Wildman–Crippen MR) is 116 cm³/mol. The Kier molecular flexibility index (Phi) is 6.19. The van der Waals surface area contributed by atoms with Gasteiger partial charge in [0.2, 0.25) is 0 Å². The fourth-order valence-corrected chi connectivity index (χ4v) is 3.30. The van der Waals surface area contributed by atoms with Gasteiger partial charge in [0, 0.05) is 4.47 Å². The van der Waals surface area contributed by atoms with E-state index < -0.39 is 0 Å². The molecule has 1 aliphatic rings. The highest BCUT2D eigenvalue weighted by Crippen LogP contribution is 2.36. The zero-order chi connectivity index (χ0) is 20.3. The second-order valence-electron chi connectivity index (χ2n) is 6.62. The number of nitrogens with zero attached hydrogens (tertiary/aromatic N) is 2. The molecule has 5 nitrogen and oxygen atoms in total. The van der Waals surface area contributed by atoms with E-state index in [4.69, 9.17) is 9.47 Å². The van der Waals surface area contributed by atoms with Crippen LogP contribution in [-0.2, 0) is 4.79 Å². The lowest BCUT2D eigenvalue weighted by Crippen LogP contribution is -2.21. The first-order chi connectivity index (χ1) is 13.4. The Balaban J connectivity index is 1.98. The Labute approximate surface area is 173 Å². The zero-order valence-electron chi connectivity index (χ0n) is 16.4. The van der Waals surface area contributed by atoms with Crippen LogP contribution in [0.3, 0.4) is 0 Å². The van der Waals surface area contributed by atoms with E-state index in [1.54, 1.807) is 0 Å². The maximum Gasteiger partial charge on any atom is 0.280 e. The lowest BCUT2D eigenvalue weighted by atomic mass is 10.1. The number of hydrogen-bond acceptors (Lipinski definition) is 4. The Morgan fingerprint density at radius 3 is 2.54 bits per heavy atom. The molecule has 1 aliphatic heterocycles. The SMILES string of the molecule is CCOc1cc(/C=C2/C(=O)N(c3ccccc3)N=C2C)c(Br)cc1OC(C)C. The summed E-state index contributed by atoms with van der Waals surface area (Å²) >= 11 is 3.58. The van der Waals surface area contributed by atoms with Gasteiger partial charge < -0.3 is 9.47 Å². The summed E-state index contributed by atoms with van der Waals surface area (Å²) in [5.41, 5.74) is 2.78. The highest BCUT2D eigenvalue weighted by Gasteiger charge is 2.29. The molecule has 6 heteroatoms.